The first-order valence-electron chi connectivity index (χ1n) is 6.99. The lowest BCUT2D eigenvalue weighted by Crippen LogP contribution is -2.32. The standard InChI is InChI=1S/C17H19BrN2/c1-11-5-4-8-15(17(11)18)16(20-19)10-13-9-12-6-2-3-7-14(12)13/h2-8,13,16,20H,9-10,19H2,1H3. The maximum absolute atomic E-state index is 5.80. The largest absolute Gasteiger partial charge is 0.271 e. The molecule has 2 aromatic rings. The van der Waals surface area contributed by atoms with Crippen LogP contribution in [-0.2, 0) is 6.42 Å². The van der Waals surface area contributed by atoms with Crippen molar-refractivity contribution < 1.29 is 0 Å². The number of halogens is 1. The molecule has 1 aliphatic carbocycles. The number of hydrogen-bond acceptors (Lipinski definition) is 2. The van der Waals surface area contributed by atoms with Gasteiger partial charge in [0.1, 0.15) is 0 Å². The van der Waals surface area contributed by atoms with Crippen LogP contribution in [-0.4, -0.2) is 0 Å². The molecule has 0 saturated heterocycles. The van der Waals surface area contributed by atoms with E-state index >= 15 is 0 Å². The van der Waals surface area contributed by atoms with Crippen molar-refractivity contribution in [3.63, 3.8) is 0 Å². The van der Waals surface area contributed by atoms with Crippen LogP contribution in [0.4, 0.5) is 0 Å². The lowest BCUT2D eigenvalue weighted by Gasteiger charge is -2.33. The third-order valence-corrected chi connectivity index (χ3v) is 5.36. The lowest BCUT2D eigenvalue weighted by atomic mass is 9.74. The van der Waals surface area contributed by atoms with Crippen molar-refractivity contribution in [3.8, 4) is 0 Å². The minimum absolute atomic E-state index is 0.183. The van der Waals surface area contributed by atoms with Gasteiger partial charge in [0.15, 0.2) is 0 Å². The van der Waals surface area contributed by atoms with E-state index in [4.69, 9.17) is 5.84 Å². The van der Waals surface area contributed by atoms with Gasteiger partial charge in [0.25, 0.3) is 0 Å². The van der Waals surface area contributed by atoms with Crippen molar-refractivity contribution in [2.24, 2.45) is 5.84 Å². The number of nitrogens with two attached hydrogens (primary N) is 1. The Morgan fingerprint density at radius 3 is 2.80 bits per heavy atom. The van der Waals surface area contributed by atoms with Crippen LogP contribution in [0.3, 0.4) is 0 Å². The first-order valence-corrected chi connectivity index (χ1v) is 7.79. The molecule has 20 heavy (non-hydrogen) atoms. The average Bonchev–Trinajstić information content (AvgIpc) is 2.44. The molecule has 1 aliphatic rings. The molecular weight excluding hydrogens is 312 g/mol. The molecule has 3 heteroatoms. The van der Waals surface area contributed by atoms with Gasteiger partial charge in [-0.15, -0.1) is 0 Å². The summed E-state index contributed by atoms with van der Waals surface area (Å²) in [6.45, 7) is 2.11. The minimum atomic E-state index is 0.183. The highest BCUT2D eigenvalue weighted by atomic mass is 79.9. The molecule has 0 fully saturated rings. The predicted octanol–water partition coefficient (Wildman–Crippen LogP) is 3.99. The zero-order valence-electron chi connectivity index (χ0n) is 11.6. The van der Waals surface area contributed by atoms with Gasteiger partial charge in [0, 0.05) is 10.5 Å². The Labute approximate surface area is 128 Å². The second kappa shape index (κ2) is 5.68. The molecule has 2 atom stereocenters. The number of hydrazine groups is 1. The Kier molecular flexibility index (Phi) is 3.92. The van der Waals surface area contributed by atoms with E-state index in [0.717, 1.165) is 17.3 Å². The molecule has 104 valence electrons. The molecule has 0 spiro atoms. The Morgan fingerprint density at radius 2 is 2.05 bits per heavy atom. The van der Waals surface area contributed by atoms with Crippen LogP contribution in [0.2, 0.25) is 0 Å². The second-order valence-corrected chi connectivity index (χ2v) is 6.33. The first-order chi connectivity index (χ1) is 9.70. The number of benzene rings is 2. The number of hydrogen-bond donors (Lipinski definition) is 2. The van der Waals surface area contributed by atoms with Gasteiger partial charge in [0.05, 0.1) is 0 Å². The summed E-state index contributed by atoms with van der Waals surface area (Å²) in [6, 6.07) is 15.2. The smallest absolute Gasteiger partial charge is 0.0477 e. The van der Waals surface area contributed by atoms with Crippen LogP contribution in [0.15, 0.2) is 46.9 Å². The zero-order valence-corrected chi connectivity index (χ0v) is 13.2. The number of nitrogens with one attached hydrogen (secondary N) is 1. The molecule has 0 bridgehead atoms. The molecule has 2 unspecified atom stereocenters. The fourth-order valence-electron chi connectivity index (χ4n) is 3.08. The summed E-state index contributed by atoms with van der Waals surface area (Å²) in [7, 11) is 0. The van der Waals surface area contributed by atoms with Crippen molar-refractivity contribution in [2.75, 3.05) is 0 Å². The van der Waals surface area contributed by atoms with Gasteiger partial charge in [-0.05, 0) is 47.9 Å². The highest BCUT2D eigenvalue weighted by Gasteiger charge is 2.28. The Hall–Kier alpha value is -1.16. The van der Waals surface area contributed by atoms with E-state index in [1.54, 1.807) is 0 Å². The van der Waals surface area contributed by atoms with E-state index in [9.17, 15) is 0 Å². The molecule has 3 rings (SSSR count). The summed E-state index contributed by atoms with van der Waals surface area (Å²) in [5.41, 5.74) is 8.45. The SMILES string of the molecule is Cc1cccc(C(CC2Cc3ccccc32)NN)c1Br. The fraction of sp³-hybridized carbons (Fsp3) is 0.294. The summed E-state index contributed by atoms with van der Waals surface area (Å²) >= 11 is 3.69. The molecule has 0 saturated carbocycles. The van der Waals surface area contributed by atoms with Gasteiger partial charge in [0.2, 0.25) is 0 Å². The van der Waals surface area contributed by atoms with E-state index in [0.29, 0.717) is 5.92 Å². The van der Waals surface area contributed by atoms with Crippen molar-refractivity contribution in [1.82, 2.24) is 5.43 Å². The summed E-state index contributed by atoms with van der Waals surface area (Å²) in [6.07, 6.45) is 2.20. The Bertz CT molecular complexity index is 624. The summed E-state index contributed by atoms with van der Waals surface area (Å²) < 4.78 is 1.16. The van der Waals surface area contributed by atoms with Gasteiger partial charge >= 0.3 is 0 Å². The molecule has 0 aliphatic heterocycles. The molecule has 2 nitrogen and oxygen atoms in total. The van der Waals surface area contributed by atoms with E-state index in [1.165, 1.54) is 22.3 Å². The molecular formula is C17H19BrN2. The maximum Gasteiger partial charge on any atom is 0.0477 e. The van der Waals surface area contributed by atoms with Gasteiger partial charge in [-0.3, -0.25) is 11.3 Å². The Morgan fingerprint density at radius 1 is 1.25 bits per heavy atom. The van der Waals surface area contributed by atoms with Crippen molar-refractivity contribution in [2.45, 2.75) is 31.7 Å². The van der Waals surface area contributed by atoms with E-state index in [-0.39, 0.29) is 6.04 Å². The van der Waals surface area contributed by atoms with E-state index < -0.39 is 0 Å². The van der Waals surface area contributed by atoms with Gasteiger partial charge in [-0.2, -0.15) is 0 Å². The van der Waals surface area contributed by atoms with E-state index in [2.05, 4.69) is 70.7 Å². The summed E-state index contributed by atoms with van der Waals surface area (Å²) in [5.74, 6) is 6.41. The van der Waals surface area contributed by atoms with Gasteiger partial charge < -0.3 is 0 Å². The topological polar surface area (TPSA) is 38.0 Å². The predicted molar refractivity (Wildman–Crippen MR) is 86.4 cm³/mol. The monoisotopic (exact) mass is 330 g/mol. The number of fused-ring (bicyclic) bond motifs is 1. The Balaban J connectivity index is 1.81. The zero-order chi connectivity index (χ0) is 14.1. The van der Waals surface area contributed by atoms with Crippen LogP contribution >= 0.6 is 15.9 Å². The van der Waals surface area contributed by atoms with Crippen LogP contribution in [0.1, 0.15) is 40.6 Å². The quantitative estimate of drug-likeness (QED) is 0.657. The number of aryl methyl sites for hydroxylation is 1. The van der Waals surface area contributed by atoms with Crippen LogP contribution in [0.5, 0.6) is 0 Å². The van der Waals surface area contributed by atoms with Crippen molar-refractivity contribution in [1.29, 1.82) is 0 Å². The lowest BCUT2D eigenvalue weighted by molar-refractivity contribution is 0.434. The highest BCUT2D eigenvalue weighted by molar-refractivity contribution is 9.10. The van der Waals surface area contributed by atoms with Crippen molar-refractivity contribution >= 4 is 15.9 Å². The summed E-state index contributed by atoms with van der Waals surface area (Å²) in [5, 5.41) is 0. The highest BCUT2D eigenvalue weighted by Crippen LogP contribution is 2.41. The molecule has 2 aromatic carbocycles. The molecule has 0 heterocycles. The normalized spacial score (nSPS) is 18.2. The van der Waals surface area contributed by atoms with E-state index in [1.807, 2.05) is 0 Å². The second-order valence-electron chi connectivity index (χ2n) is 5.53. The van der Waals surface area contributed by atoms with Crippen LogP contribution < -0.4 is 11.3 Å². The molecule has 3 N–H and O–H groups in total. The summed E-state index contributed by atoms with van der Waals surface area (Å²) in [4.78, 5) is 0. The molecule has 0 aromatic heterocycles. The van der Waals surface area contributed by atoms with Crippen molar-refractivity contribution in [3.05, 3.63) is 69.2 Å². The third-order valence-electron chi connectivity index (χ3n) is 4.28. The van der Waals surface area contributed by atoms with Gasteiger partial charge in [-0.25, -0.2) is 0 Å². The maximum atomic E-state index is 5.80. The fourth-order valence-corrected chi connectivity index (χ4v) is 3.62. The average molecular weight is 331 g/mol. The number of rotatable bonds is 4. The van der Waals surface area contributed by atoms with Crippen LogP contribution in [0.25, 0.3) is 0 Å². The van der Waals surface area contributed by atoms with Gasteiger partial charge in [-0.1, -0.05) is 58.4 Å². The van der Waals surface area contributed by atoms with Crippen LogP contribution in [0, 0.1) is 6.92 Å². The molecule has 0 amide bonds. The molecule has 0 radical (unpaired) electrons. The first kappa shape index (κ1) is 13.8. The third kappa shape index (κ3) is 2.41. The minimum Gasteiger partial charge on any atom is -0.271 e.